The van der Waals surface area contributed by atoms with Gasteiger partial charge in [0.1, 0.15) is 9.32 Å². The van der Waals surface area contributed by atoms with Crippen molar-refractivity contribution in [3.8, 4) is 28.2 Å². The summed E-state index contributed by atoms with van der Waals surface area (Å²) in [5.41, 5.74) is 0.423. The van der Waals surface area contributed by atoms with E-state index in [0.717, 1.165) is 0 Å². The molecule has 2 N–H and O–H groups in total. The zero-order valence-corrected chi connectivity index (χ0v) is 35.2. The van der Waals surface area contributed by atoms with Gasteiger partial charge in [-0.25, -0.2) is 4.79 Å². The van der Waals surface area contributed by atoms with E-state index in [1.54, 1.807) is 12.1 Å². The molecule has 0 aromatic heterocycles. The molecule has 0 fully saturated rings. The Morgan fingerprint density at radius 3 is 1.97 bits per heavy atom. The number of hydrogen-bond donors (Lipinski definition) is 2. The summed E-state index contributed by atoms with van der Waals surface area (Å²) in [6, 6.07) is 3.22. The molecule has 0 atom stereocenters. The van der Waals surface area contributed by atoms with Gasteiger partial charge in [-0.2, -0.15) is 0 Å². The van der Waals surface area contributed by atoms with Crippen molar-refractivity contribution in [1.82, 2.24) is 0 Å². The first-order valence-corrected chi connectivity index (χ1v) is 14.3. The van der Waals surface area contributed by atoms with Gasteiger partial charge in [0.15, 0.2) is 11.3 Å². The van der Waals surface area contributed by atoms with Crippen molar-refractivity contribution < 1.29 is 19.4 Å². The van der Waals surface area contributed by atoms with Crippen LogP contribution in [-0.2, 0) is 0 Å². The van der Waals surface area contributed by atoms with Crippen molar-refractivity contribution in [1.29, 1.82) is 0 Å². The smallest absolute Gasteiger partial charge is 0.337 e. The second kappa shape index (κ2) is 13.8. The van der Waals surface area contributed by atoms with Crippen LogP contribution >= 0.6 is 137 Å². The van der Waals surface area contributed by atoms with Crippen LogP contribution in [0.15, 0.2) is 21.3 Å². The molecular formula is C20H4Cl4I4K2O5. The van der Waals surface area contributed by atoms with Crippen LogP contribution in [-0.4, -0.2) is 119 Å². The second-order valence-corrected chi connectivity index (χ2v) is 12.6. The molecule has 0 saturated heterocycles. The Kier molecular flexibility index (Phi) is 13.8. The largest absolute Gasteiger partial charge is 0.506 e. The van der Waals surface area contributed by atoms with Crippen molar-refractivity contribution in [2.24, 2.45) is 0 Å². The number of carboxylic acid groups (broad SMARTS) is 1. The summed E-state index contributed by atoms with van der Waals surface area (Å²) in [6.45, 7) is 0. The van der Waals surface area contributed by atoms with Crippen molar-refractivity contribution in [2.45, 2.75) is 0 Å². The Hall–Kier alpha value is 3.75. The van der Waals surface area contributed by atoms with Crippen LogP contribution in [0.4, 0.5) is 0 Å². The third kappa shape index (κ3) is 6.27. The van der Waals surface area contributed by atoms with E-state index in [1.165, 1.54) is 0 Å². The minimum Gasteiger partial charge on any atom is -0.506 e. The van der Waals surface area contributed by atoms with E-state index in [9.17, 15) is 19.8 Å². The topological polar surface area (TPSA) is 87.7 Å². The number of hydrogen-bond acceptors (Lipinski definition) is 4. The molecule has 35 heavy (non-hydrogen) atoms. The summed E-state index contributed by atoms with van der Waals surface area (Å²) in [5.74, 6) is -1.18. The van der Waals surface area contributed by atoms with Crippen molar-refractivity contribution in [3.63, 3.8) is 0 Å². The number of aromatic hydroxyl groups is 1. The average Bonchev–Trinajstić information content (AvgIpc) is 2.76. The molecule has 2 radical (unpaired) electrons. The van der Waals surface area contributed by atoms with Gasteiger partial charge >= 0.3 is 5.97 Å². The Morgan fingerprint density at radius 2 is 1.40 bits per heavy atom. The number of carboxylic acids is 1. The number of phenolic OH excluding ortho intramolecular Hbond substituents is 1. The molecule has 15 heteroatoms. The number of halogens is 8. The quantitative estimate of drug-likeness (QED) is 0.0696. The summed E-state index contributed by atoms with van der Waals surface area (Å²) in [7, 11) is 0. The number of aromatic carboxylic acids is 1. The predicted octanol–water partition coefficient (Wildman–Crippen LogP) is 8.24. The van der Waals surface area contributed by atoms with Crippen LogP contribution in [0.5, 0.6) is 5.75 Å². The van der Waals surface area contributed by atoms with Crippen molar-refractivity contribution in [2.75, 3.05) is 0 Å². The Labute approximate surface area is 357 Å². The standard InChI is InChI=1S/C20H4Cl4I4O5.2K/c21-10-8(9(20(31)32)11(22)13(24)12(10)23)7-3-1-5(25)16(29)14(27)18(3)33-19-4(7)2-6(26)17(30)15(19)28;;/h1-2,29H,(H,31,32);;. The molecule has 5 nitrogen and oxygen atoms in total. The number of rotatable bonds is 2. The van der Waals surface area contributed by atoms with E-state index in [-0.39, 0.29) is 160 Å². The monoisotopic (exact) mass is 1050 g/mol. The van der Waals surface area contributed by atoms with E-state index >= 15 is 0 Å². The first-order valence-electron chi connectivity index (χ1n) is 8.43. The van der Waals surface area contributed by atoms with Gasteiger partial charge in [0.05, 0.1) is 36.4 Å². The fraction of sp³-hybridized carbons (Fsp3) is 0. The van der Waals surface area contributed by atoms with Gasteiger partial charge in [-0.1, -0.05) is 46.4 Å². The number of benzene rings is 3. The Balaban J connectivity index is 0.00000216. The predicted molar refractivity (Wildman–Crippen MR) is 176 cm³/mol. The van der Waals surface area contributed by atoms with E-state index in [1.807, 2.05) is 90.4 Å². The summed E-state index contributed by atoms with van der Waals surface area (Å²) in [5, 5.41) is 20.3. The van der Waals surface area contributed by atoms with Crippen LogP contribution in [0.25, 0.3) is 33.4 Å². The minimum absolute atomic E-state index is 0. The molecule has 2 aliphatic rings. The summed E-state index contributed by atoms with van der Waals surface area (Å²) in [4.78, 5) is 25.0. The molecule has 0 amide bonds. The zero-order valence-electron chi connectivity index (χ0n) is 17.3. The van der Waals surface area contributed by atoms with Crippen LogP contribution in [0, 0.1) is 14.3 Å². The van der Waals surface area contributed by atoms with Crippen LogP contribution < -0.4 is 5.43 Å². The van der Waals surface area contributed by atoms with Crippen LogP contribution in [0.2, 0.25) is 20.1 Å². The fourth-order valence-electron chi connectivity index (χ4n) is 3.33. The van der Waals surface area contributed by atoms with E-state index in [0.29, 0.717) is 27.2 Å². The molecule has 1 heterocycles. The zero-order chi connectivity index (χ0) is 24.5. The van der Waals surface area contributed by atoms with Gasteiger partial charge in [0.25, 0.3) is 0 Å². The molecule has 0 saturated carbocycles. The third-order valence-corrected chi connectivity index (χ3v) is 10.2. The molecule has 0 bridgehead atoms. The minimum atomic E-state index is -1.37. The molecule has 172 valence electrons. The van der Waals surface area contributed by atoms with E-state index < -0.39 is 5.97 Å². The normalized spacial score (nSPS) is 10.9. The number of phenols is 1. The van der Waals surface area contributed by atoms with Gasteiger partial charge in [0, 0.05) is 125 Å². The first kappa shape index (κ1) is 35.0. The number of carbonyl (C=O) groups is 1. The maximum absolute atomic E-state index is 12.7. The molecule has 2 aromatic rings. The summed E-state index contributed by atoms with van der Waals surface area (Å²) >= 11 is 33.1. The molecule has 0 unspecified atom stereocenters. The van der Waals surface area contributed by atoms with Gasteiger partial charge < -0.3 is 14.6 Å². The van der Waals surface area contributed by atoms with Gasteiger partial charge in [-0.15, -0.1) is 0 Å². The molecule has 4 rings (SSSR count). The van der Waals surface area contributed by atoms with E-state index in [2.05, 4.69) is 0 Å². The van der Waals surface area contributed by atoms with Crippen molar-refractivity contribution >= 4 is 256 Å². The van der Waals surface area contributed by atoms with Gasteiger partial charge in [0.2, 0.25) is 5.43 Å². The van der Waals surface area contributed by atoms with Gasteiger partial charge in [-0.05, 0) is 102 Å². The third-order valence-electron chi connectivity index (χ3n) is 4.75. The number of fused-ring (bicyclic) bond motifs is 2. The Morgan fingerprint density at radius 1 is 0.829 bits per heavy atom. The molecular weight excluding hydrogens is 1050 g/mol. The maximum atomic E-state index is 12.7. The van der Waals surface area contributed by atoms with E-state index in [4.69, 9.17) is 50.8 Å². The Bertz CT molecular complexity index is 1580. The molecule has 2 aromatic carbocycles. The van der Waals surface area contributed by atoms with Crippen LogP contribution in [0.3, 0.4) is 0 Å². The molecule has 1 aliphatic carbocycles. The van der Waals surface area contributed by atoms with Crippen LogP contribution in [0.1, 0.15) is 10.4 Å². The maximum Gasteiger partial charge on any atom is 0.337 e. The first-order chi connectivity index (χ1) is 15.4. The fourth-order valence-corrected chi connectivity index (χ4v) is 7.93. The molecule has 0 spiro atoms. The summed E-state index contributed by atoms with van der Waals surface area (Å²) in [6.07, 6.45) is 0. The second-order valence-electron chi connectivity index (χ2n) is 6.56. The van der Waals surface area contributed by atoms with Gasteiger partial charge in [-0.3, -0.25) is 4.79 Å². The molecule has 1 aliphatic heterocycles. The van der Waals surface area contributed by atoms with Crippen molar-refractivity contribution in [3.05, 3.63) is 62.3 Å². The average molecular weight is 1050 g/mol. The SMILES string of the molecule is O=C(O)c1c(Cl)c(Cl)c(Cl)c(Cl)c1-c1c2cc(I)c(=O)c(I)c-2oc2c(I)c(O)c(I)cc12.[K].[K]. The summed E-state index contributed by atoms with van der Waals surface area (Å²) < 4.78 is 7.64.